The predicted molar refractivity (Wildman–Crippen MR) is 111 cm³/mol. The van der Waals surface area contributed by atoms with Gasteiger partial charge in [-0.2, -0.15) is 0 Å². The van der Waals surface area contributed by atoms with E-state index in [2.05, 4.69) is 0 Å². The van der Waals surface area contributed by atoms with Crippen molar-refractivity contribution in [2.24, 2.45) is 11.5 Å². The van der Waals surface area contributed by atoms with E-state index in [1.54, 1.807) is 24.3 Å². The van der Waals surface area contributed by atoms with E-state index >= 15 is 0 Å². The largest absolute Gasteiger partial charge is 0.457 e. The Balaban J connectivity index is 0.00000210. The number of rotatable bonds is 4. The van der Waals surface area contributed by atoms with Gasteiger partial charge in [0.25, 0.3) is 0 Å². The highest BCUT2D eigenvalue weighted by atomic mass is 35.5. The molecule has 2 heterocycles. The molecule has 6 nitrogen and oxygen atoms in total. The summed E-state index contributed by atoms with van der Waals surface area (Å²) in [7, 11) is 0. The SMILES string of the molecule is Cl.N=C(N)c1ccc2oc(/C=C\c3cc4cc(C(=N)N)ccc4o3)cc2c1. The fraction of sp³-hybridized carbons (Fsp3) is 0. The Morgan fingerprint density at radius 3 is 1.48 bits per heavy atom. The van der Waals surface area contributed by atoms with Crippen molar-refractivity contribution >= 4 is 58.2 Å². The molecule has 0 amide bonds. The van der Waals surface area contributed by atoms with Gasteiger partial charge in [0, 0.05) is 21.9 Å². The van der Waals surface area contributed by atoms with E-state index in [-0.39, 0.29) is 24.1 Å². The van der Waals surface area contributed by atoms with Crippen LogP contribution < -0.4 is 11.5 Å². The number of nitrogens with two attached hydrogens (primary N) is 2. The first kappa shape index (κ1) is 18.3. The Labute approximate surface area is 160 Å². The van der Waals surface area contributed by atoms with Crippen LogP contribution in [0.25, 0.3) is 34.1 Å². The Hall–Kier alpha value is -3.51. The first-order valence-electron chi connectivity index (χ1n) is 7.94. The van der Waals surface area contributed by atoms with Gasteiger partial charge in [0.15, 0.2) is 0 Å². The molecule has 0 spiro atoms. The zero-order valence-corrected chi connectivity index (χ0v) is 15.0. The van der Waals surface area contributed by atoms with E-state index in [9.17, 15) is 0 Å². The Bertz CT molecular complexity index is 1110. The van der Waals surface area contributed by atoms with E-state index in [0.29, 0.717) is 22.6 Å². The van der Waals surface area contributed by atoms with Gasteiger partial charge in [0.1, 0.15) is 34.4 Å². The van der Waals surface area contributed by atoms with Crippen molar-refractivity contribution in [3.8, 4) is 0 Å². The van der Waals surface area contributed by atoms with E-state index in [1.807, 2.05) is 36.4 Å². The zero-order chi connectivity index (χ0) is 18.3. The van der Waals surface area contributed by atoms with Crippen LogP contribution in [0.5, 0.6) is 0 Å². The van der Waals surface area contributed by atoms with Crippen molar-refractivity contribution < 1.29 is 8.83 Å². The van der Waals surface area contributed by atoms with Gasteiger partial charge in [-0.3, -0.25) is 10.8 Å². The first-order chi connectivity index (χ1) is 12.5. The Kier molecular flexibility index (Phi) is 4.75. The fourth-order valence-corrected chi connectivity index (χ4v) is 2.79. The highest BCUT2D eigenvalue weighted by molar-refractivity contribution is 5.99. The van der Waals surface area contributed by atoms with Gasteiger partial charge in [-0.1, -0.05) is 0 Å². The van der Waals surface area contributed by atoms with Crippen molar-refractivity contribution in [1.29, 1.82) is 10.8 Å². The lowest BCUT2D eigenvalue weighted by atomic mass is 10.1. The lowest BCUT2D eigenvalue weighted by molar-refractivity contribution is 0.599. The summed E-state index contributed by atoms with van der Waals surface area (Å²) in [6.07, 6.45) is 3.63. The molecular weight excluding hydrogens is 364 g/mol. The summed E-state index contributed by atoms with van der Waals surface area (Å²) >= 11 is 0. The number of hydrogen-bond acceptors (Lipinski definition) is 4. The summed E-state index contributed by atoms with van der Waals surface area (Å²) in [5.74, 6) is 1.39. The molecule has 0 atom stereocenters. The maximum absolute atomic E-state index is 7.50. The highest BCUT2D eigenvalue weighted by Gasteiger charge is 2.06. The summed E-state index contributed by atoms with van der Waals surface area (Å²) in [6.45, 7) is 0. The van der Waals surface area contributed by atoms with Crippen molar-refractivity contribution in [3.63, 3.8) is 0 Å². The second-order valence-electron chi connectivity index (χ2n) is 5.96. The molecule has 0 aliphatic rings. The molecule has 2 aromatic heterocycles. The van der Waals surface area contributed by atoms with Gasteiger partial charge in [0.05, 0.1) is 0 Å². The maximum atomic E-state index is 7.50. The van der Waals surface area contributed by atoms with Crippen LogP contribution in [-0.2, 0) is 0 Å². The predicted octanol–water partition coefficient (Wildman–Crippen LogP) is 4.34. The molecule has 0 aliphatic carbocycles. The van der Waals surface area contributed by atoms with Crippen LogP contribution in [0.1, 0.15) is 22.6 Å². The quantitative estimate of drug-likeness (QED) is 0.310. The number of fused-ring (bicyclic) bond motifs is 2. The maximum Gasteiger partial charge on any atom is 0.134 e. The van der Waals surface area contributed by atoms with Crippen molar-refractivity contribution in [2.75, 3.05) is 0 Å². The third-order valence-corrected chi connectivity index (χ3v) is 4.10. The molecule has 0 bridgehead atoms. The Morgan fingerprint density at radius 1 is 0.704 bits per heavy atom. The molecule has 136 valence electrons. The van der Waals surface area contributed by atoms with Gasteiger partial charge in [-0.15, -0.1) is 12.4 Å². The summed E-state index contributed by atoms with van der Waals surface area (Å²) in [5, 5.41) is 16.8. The van der Waals surface area contributed by atoms with Crippen LogP contribution >= 0.6 is 12.4 Å². The average molecular weight is 381 g/mol. The lowest BCUT2D eigenvalue weighted by Crippen LogP contribution is -2.10. The number of nitrogen functional groups attached to an aromatic ring is 2. The summed E-state index contributed by atoms with van der Waals surface area (Å²) < 4.78 is 11.5. The number of nitrogens with one attached hydrogen (secondary N) is 2. The highest BCUT2D eigenvalue weighted by Crippen LogP contribution is 2.25. The minimum Gasteiger partial charge on any atom is -0.457 e. The van der Waals surface area contributed by atoms with Crippen LogP contribution in [0.2, 0.25) is 0 Å². The molecule has 7 heteroatoms. The molecule has 0 saturated carbocycles. The van der Waals surface area contributed by atoms with Gasteiger partial charge in [-0.25, -0.2) is 0 Å². The molecule has 0 aliphatic heterocycles. The number of hydrogen-bond donors (Lipinski definition) is 4. The standard InChI is InChI=1S/C20H16N4O2.ClH/c21-19(22)11-1-5-17-13(7-11)9-15(25-17)3-4-16-10-14-8-12(20(23)24)2-6-18(14)26-16;/h1-10H,(H3,21,22)(H3,23,24);1H/b4-3-;. The molecule has 0 saturated heterocycles. The van der Waals surface area contributed by atoms with E-state index in [4.69, 9.17) is 31.1 Å². The number of furan rings is 2. The second-order valence-corrected chi connectivity index (χ2v) is 5.96. The van der Waals surface area contributed by atoms with Crippen molar-refractivity contribution in [3.05, 3.63) is 71.2 Å². The minimum atomic E-state index is 0. The Morgan fingerprint density at radius 2 is 1.11 bits per heavy atom. The van der Waals surface area contributed by atoms with Crippen molar-refractivity contribution in [2.45, 2.75) is 0 Å². The molecule has 6 N–H and O–H groups in total. The minimum absolute atomic E-state index is 0. The smallest absolute Gasteiger partial charge is 0.134 e. The van der Waals surface area contributed by atoms with E-state index in [0.717, 1.165) is 21.9 Å². The fourth-order valence-electron chi connectivity index (χ4n) is 2.79. The van der Waals surface area contributed by atoms with E-state index < -0.39 is 0 Å². The van der Waals surface area contributed by atoms with Gasteiger partial charge >= 0.3 is 0 Å². The van der Waals surface area contributed by atoms with Gasteiger partial charge < -0.3 is 20.3 Å². The molecule has 0 fully saturated rings. The lowest BCUT2D eigenvalue weighted by Gasteiger charge is -1.95. The number of amidine groups is 2. The molecule has 0 radical (unpaired) electrons. The molecule has 2 aromatic carbocycles. The molecular formula is C20H17ClN4O2. The van der Waals surface area contributed by atoms with Crippen LogP contribution in [0.4, 0.5) is 0 Å². The third-order valence-electron chi connectivity index (χ3n) is 4.10. The van der Waals surface area contributed by atoms with Crippen LogP contribution in [0.3, 0.4) is 0 Å². The van der Waals surface area contributed by atoms with Crippen LogP contribution in [0.15, 0.2) is 57.4 Å². The molecule has 4 aromatic rings. The van der Waals surface area contributed by atoms with Gasteiger partial charge in [0.2, 0.25) is 0 Å². The summed E-state index contributed by atoms with van der Waals surface area (Å²) in [6, 6.07) is 14.5. The molecule has 0 unspecified atom stereocenters. The molecule has 4 rings (SSSR count). The van der Waals surface area contributed by atoms with E-state index in [1.165, 1.54) is 0 Å². The average Bonchev–Trinajstić information content (AvgIpc) is 3.21. The summed E-state index contributed by atoms with van der Waals surface area (Å²) in [5.41, 5.74) is 13.8. The number of halogens is 1. The topological polar surface area (TPSA) is 126 Å². The van der Waals surface area contributed by atoms with Gasteiger partial charge in [-0.05, 0) is 60.7 Å². The third kappa shape index (κ3) is 3.56. The summed E-state index contributed by atoms with van der Waals surface area (Å²) in [4.78, 5) is 0. The van der Waals surface area contributed by atoms with Crippen LogP contribution in [-0.4, -0.2) is 11.7 Å². The first-order valence-corrected chi connectivity index (χ1v) is 7.94. The van der Waals surface area contributed by atoms with Crippen LogP contribution in [0, 0.1) is 10.8 Å². The normalized spacial score (nSPS) is 11.1. The monoisotopic (exact) mass is 380 g/mol. The zero-order valence-electron chi connectivity index (χ0n) is 14.2. The van der Waals surface area contributed by atoms with Crippen molar-refractivity contribution in [1.82, 2.24) is 0 Å². The number of benzene rings is 2. The molecule has 27 heavy (non-hydrogen) atoms. The second kappa shape index (κ2) is 7.01.